The summed E-state index contributed by atoms with van der Waals surface area (Å²) in [5.41, 5.74) is 4.06. The first-order valence-corrected chi connectivity index (χ1v) is 13.1. The molecule has 1 amide bonds. The number of carbonyl (C=O) groups is 1. The molecule has 164 valence electrons. The van der Waals surface area contributed by atoms with Gasteiger partial charge in [0.1, 0.15) is 4.21 Å². The number of hydrogen-bond acceptors (Lipinski definition) is 6. The summed E-state index contributed by atoms with van der Waals surface area (Å²) in [5.74, 6) is -0.202. The fraction of sp³-hybridized carbons (Fsp3) is 0.130. The van der Waals surface area contributed by atoms with Crippen LogP contribution in [0, 0.1) is 6.92 Å². The maximum Gasteiger partial charge on any atom is 0.271 e. The summed E-state index contributed by atoms with van der Waals surface area (Å²) in [4.78, 5) is 16.9. The average molecular weight is 484 g/mol. The Morgan fingerprint density at radius 3 is 2.38 bits per heavy atom. The first kappa shape index (κ1) is 22.2. The van der Waals surface area contributed by atoms with Crippen LogP contribution < -0.4 is 10.0 Å². The maximum atomic E-state index is 12.4. The average Bonchev–Trinajstić information content (AvgIpc) is 3.47. The van der Waals surface area contributed by atoms with Gasteiger partial charge in [-0.25, -0.2) is 13.4 Å². The van der Waals surface area contributed by atoms with Crippen molar-refractivity contribution in [1.29, 1.82) is 0 Å². The van der Waals surface area contributed by atoms with Gasteiger partial charge in [-0.1, -0.05) is 30.3 Å². The molecule has 2 aromatic heterocycles. The molecule has 0 spiro atoms. The molecule has 0 bridgehead atoms. The standard InChI is InChI=1S/C23H21N3O3S3/c1-16-25-21(15-31-16)18-6-4-17(5-7-18)12-13-24-23(27)19-8-10-20(11-9-19)26-32(28,29)22-3-2-14-30-22/h2-11,14-15,26H,12-13H2,1H3,(H,24,27). The second-order valence-electron chi connectivity index (χ2n) is 7.07. The second-order valence-corrected chi connectivity index (χ2v) is 11.0. The molecule has 9 heteroatoms. The van der Waals surface area contributed by atoms with E-state index in [-0.39, 0.29) is 10.1 Å². The van der Waals surface area contributed by atoms with Gasteiger partial charge in [-0.2, -0.15) is 0 Å². The van der Waals surface area contributed by atoms with E-state index in [1.807, 2.05) is 36.6 Å². The summed E-state index contributed by atoms with van der Waals surface area (Å²) < 4.78 is 27.3. The number of hydrogen-bond donors (Lipinski definition) is 2. The lowest BCUT2D eigenvalue weighted by Crippen LogP contribution is -2.25. The summed E-state index contributed by atoms with van der Waals surface area (Å²) in [6, 6.07) is 17.8. The van der Waals surface area contributed by atoms with Gasteiger partial charge >= 0.3 is 0 Å². The first-order valence-electron chi connectivity index (χ1n) is 9.87. The van der Waals surface area contributed by atoms with Gasteiger partial charge in [-0.3, -0.25) is 9.52 Å². The minimum absolute atomic E-state index is 0.202. The third kappa shape index (κ3) is 5.42. The Morgan fingerprint density at radius 2 is 1.75 bits per heavy atom. The number of carbonyl (C=O) groups excluding carboxylic acids is 1. The molecule has 0 fully saturated rings. The van der Waals surface area contributed by atoms with Crippen molar-refractivity contribution in [3.05, 3.63) is 87.6 Å². The van der Waals surface area contributed by atoms with Crippen LogP contribution in [0.1, 0.15) is 20.9 Å². The molecule has 0 radical (unpaired) electrons. The van der Waals surface area contributed by atoms with Crippen LogP contribution in [0.15, 0.2) is 75.6 Å². The molecule has 0 aliphatic heterocycles. The van der Waals surface area contributed by atoms with Crippen molar-refractivity contribution in [3.63, 3.8) is 0 Å². The number of aryl methyl sites for hydroxylation is 1. The quantitative estimate of drug-likeness (QED) is 0.371. The maximum absolute atomic E-state index is 12.4. The molecular formula is C23H21N3O3S3. The fourth-order valence-electron chi connectivity index (χ4n) is 3.07. The molecular weight excluding hydrogens is 462 g/mol. The molecule has 0 aliphatic rings. The summed E-state index contributed by atoms with van der Waals surface area (Å²) in [6.45, 7) is 2.49. The number of benzene rings is 2. The zero-order valence-corrected chi connectivity index (χ0v) is 19.7. The van der Waals surface area contributed by atoms with Crippen molar-refractivity contribution in [3.8, 4) is 11.3 Å². The number of rotatable bonds is 8. The number of anilines is 1. The van der Waals surface area contributed by atoms with Crippen LogP contribution >= 0.6 is 22.7 Å². The third-order valence-electron chi connectivity index (χ3n) is 4.73. The Labute approximate surface area is 195 Å². The SMILES string of the molecule is Cc1nc(-c2ccc(CCNC(=O)c3ccc(NS(=O)(=O)c4cccs4)cc3)cc2)cs1. The van der Waals surface area contributed by atoms with Crippen molar-refractivity contribution in [2.75, 3.05) is 11.3 Å². The van der Waals surface area contributed by atoms with E-state index in [2.05, 4.69) is 15.0 Å². The monoisotopic (exact) mass is 483 g/mol. The van der Waals surface area contributed by atoms with E-state index >= 15 is 0 Å². The summed E-state index contributed by atoms with van der Waals surface area (Å²) >= 11 is 2.78. The predicted molar refractivity (Wildman–Crippen MR) is 130 cm³/mol. The largest absolute Gasteiger partial charge is 0.352 e. The Hall–Kier alpha value is -3.01. The predicted octanol–water partition coefficient (Wildman–Crippen LogP) is 4.95. The molecule has 2 heterocycles. The summed E-state index contributed by atoms with van der Waals surface area (Å²) in [7, 11) is -3.60. The van der Waals surface area contributed by atoms with Gasteiger partial charge in [0.05, 0.1) is 10.7 Å². The van der Waals surface area contributed by atoms with Crippen molar-refractivity contribution < 1.29 is 13.2 Å². The fourth-order valence-corrected chi connectivity index (χ4v) is 5.75. The molecule has 0 atom stereocenters. The normalized spacial score (nSPS) is 11.3. The van der Waals surface area contributed by atoms with Crippen LogP contribution in [0.3, 0.4) is 0 Å². The number of thiophene rings is 1. The highest BCUT2D eigenvalue weighted by molar-refractivity contribution is 7.94. The van der Waals surface area contributed by atoms with Gasteiger partial charge in [-0.05, 0) is 54.6 Å². The van der Waals surface area contributed by atoms with Gasteiger partial charge in [0.2, 0.25) is 0 Å². The highest BCUT2D eigenvalue weighted by Gasteiger charge is 2.15. The molecule has 0 saturated carbocycles. The van der Waals surface area contributed by atoms with Crippen LogP contribution in [-0.4, -0.2) is 25.9 Å². The Kier molecular flexibility index (Phi) is 6.69. The van der Waals surface area contributed by atoms with Crippen molar-refractivity contribution >= 4 is 44.3 Å². The second kappa shape index (κ2) is 9.64. The van der Waals surface area contributed by atoms with Crippen molar-refractivity contribution in [2.24, 2.45) is 0 Å². The number of sulfonamides is 1. The first-order chi connectivity index (χ1) is 15.4. The van der Waals surface area contributed by atoms with Gasteiger partial charge < -0.3 is 5.32 Å². The van der Waals surface area contributed by atoms with Crippen LogP contribution in [-0.2, 0) is 16.4 Å². The van der Waals surface area contributed by atoms with Gasteiger partial charge in [-0.15, -0.1) is 22.7 Å². The van der Waals surface area contributed by atoms with Crippen LogP contribution in [0.25, 0.3) is 11.3 Å². The summed E-state index contributed by atoms with van der Waals surface area (Å²) in [5, 5.41) is 7.69. The molecule has 0 saturated heterocycles. The van der Waals surface area contributed by atoms with E-state index in [1.165, 1.54) is 0 Å². The Bertz CT molecular complexity index is 1290. The number of amides is 1. The van der Waals surface area contributed by atoms with E-state index in [0.29, 0.717) is 24.2 Å². The van der Waals surface area contributed by atoms with Crippen LogP contribution in [0.4, 0.5) is 5.69 Å². The molecule has 2 N–H and O–H groups in total. The van der Waals surface area contributed by atoms with Crippen LogP contribution in [0.5, 0.6) is 0 Å². The van der Waals surface area contributed by atoms with Gasteiger partial charge in [0.15, 0.2) is 0 Å². The minimum Gasteiger partial charge on any atom is -0.352 e. The zero-order chi connectivity index (χ0) is 22.6. The number of thiazole rings is 1. The Balaban J connectivity index is 1.29. The van der Waals surface area contributed by atoms with Crippen molar-refractivity contribution in [2.45, 2.75) is 17.6 Å². The van der Waals surface area contributed by atoms with Crippen molar-refractivity contribution in [1.82, 2.24) is 10.3 Å². The van der Waals surface area contributed by atoms with E-state index in [1.54, 1.807) is 53.1 Å². The smallest absolute Gasteiger partial charge is 0.271 e. The highest BCUT2D eigenvalue weighted by atomic mass is 32.2. The highest BCUT2D eigenvalue weighted by Crippen LogP contribution is 2.22. The molecule has 0 unspecified atom stereocenters. The topological polar surface area (TPSA) is 88.2 Å². The minimum atomic E-state index is -3.60. The zero-order valence-electron chi connectivity index (χ0n) is 17.2. The van der Waals surface area contributed by atoms with E-state index in [4.69, 9.17) is 0 Å². The van der Waals surface area contributed by atoms with E-state index in [9.17, 15) is 13.2 Å². The lowest BCUT2D eigenvalue weighted by Gasteiger charge is -2.08. The van der Waals surface area contributed by atoms with E-state index < -0.39 is 10.0 Å². The molecule has 4 rings (SSSR count). The molecule has 2 aromatic carbocycles. The van der Waals surface area contributed by atoms with E-state index in [0.717, 1.165) is 33.2 Å². The summed E-state index contributed by atoms with van der Waals surface area (Å²) in [6.07, 6.45) is 0.709. The molecule has 0 aliphatic carbocycles. The lowest BCUT2D eigenvalue weighted by atomic mass is 10.1. The lowest BCUT2D eigenvalue weighted by molar-refractivity contribution is 0.0954. The van der Waals surface area contributed by atoms with Crippen LogP contribution in [0.2, 0.25) is 0 Å². The number of nitrogens with zero attached hydrogens (tertiary/aromatic N) is 1. The number of aromatic nitrogens is 1. The van der Waals surface area contributed by atoms with Gasteiger partial charge in [0.25, 0.3) is 15.9 Å². The molecule has 6 nitrogen and oxygen atoms in total. The molecule has 32 heavy (non-hydrogen) atoms. The molecule has 4 aromatic rings. The van der Waals surface area contributed by atoms with Gasteiger partial charge in [0, 0.05) is 28.7 Å². The third-order valence-corrected chi connectivity index (χ3v) is 8.28. The Morgan fingerprint density at radius 1 is 1.00 bits per heavy atom. The number of nitrogens with one attached hydrogen (secondary N) is 2.